The van der Waals surface area contributed by atoms with E-state index in [1.165, 1.54) is 4.70 Å². The summed E-state index contributed by atoms with van der Waals surface area (Å²) in [6.45, 7) is 0. The number of fused-ring (bicyclic) bond motifs is 3. The van der Waals surface area contributed by atoms with E-state index in [1.54, 1.807) is 24.0 Å². The lowest BCUT2D eigenvalue weighted by molar-refractivity contribution is 0.477. The summed E-state index contributed by atoms with van der Waals surface area (Å²) in [6, 6.07) is 24.5. The Hall–Kier alpha value is -3.77. The molecule has 0 saturated heterocycles. The van der Waals surface area contributed by atoms with E-state index in [1.807, 2.05) is 42.5 Å². The first-order chi connectivity index (χ1) is 14.4. The van der Waals surface area contributed by atoms with Gasteiger partial charge in [0.05, 0.1) is 16.9 Å². The quantitative estimate of drug-likeness (QED) is 0.343. The number of rotatable bonds is 2. The van der Waals surface area contributed by atoms with Crippen molar-refractivity contribution >= 4 is 37.8 Å². The van der Waals surface area contributed by atoms with Crippen molar-refractivity contribution in [1.29, 1.82) is 0 Å². The fourth-order valence-electron chi connectivity index (χ4n) is 3.70. The molecule has 0 spiro atoms. The normalized spacial score (nSPS) is 12.3. The molecule has 0 bridgehead atoms. The molecule has 0 amide bonds. The molecule has 1 aliphatic rings. The number of nitrogens with zero attached hydrogens (tertiary/aromatic N) is 4. The molecular weight excluding hydrogens is 380 g/mol. The van der Waals surface area contributed by atoms with Crippen LogP contribution in [0.3, 0.4) is 0 Å². The maximum absolute atomic E-state index is 6.17. The standard InChI is InChI=1S/C23H14N4OS/c1-6-12-20-15(7-1)21(22-25-13-24-14-26-22)23(29-20)27-16-8-2-4-10-18(16)28-19-11-5-3-9-17(19)27/h1-14H. The monoisotopic (exact) mass is 394 g/mol. The Balaban J connectivity index is 1.70. The minimum atomic E-state index is 0.661. The van der Waals surface area contributed by atoms with E-state index < -0.39 is 0 Å². The van der Waals surface area contributed by atoms with Crippen molar-refractivity contribution in [3.8, 4) is 22.9 Å². The molecule has 0 radical (unpaired) electrons. The molecule has 0 unspecified atom stereocenters. The summed E-state index contributed by atoms with van der Waals surface area (Å²) in [5.74, 6) is 2.31. The molecule has 138 valence electrons. The molecule has 5 nitrogen and oxygen atoms in total. The van der Waals surface area contributed by atoms with Crippen molar-refractivity contribution in [3.05, 3.63) is 85.5 Å². The van der Waals surface area contributed by atoms with Crippen LogP contribution in [0.2, 0.25) is 0 Å². The fraction of sp³-hybridized carbons (Fsp3) is 0. The number of benzene rings is 3. The first-order valence-corrected chi connectivity index (χ1v) is 10.0. The second-order valence-electron chi connectivity index (χ2n) is 6.61. The molecule has 1 aliphatic heterocycles. The van der Waals surface area contributed by atoms with E-state index in [4.69, 9.17) is 4.74 Å². The number of hydrogen-bond acceptors (Lipinski definition) is 6. The van der Waals surface area contributed by atoms with Crippen LogP contribution in [-0.2, 0) is 0 Å². The Morgan fingerprint density at radius 1 is 0.724 bits per heavy atom. The van der Waals surface area contributed by atoms with Crippen molar-refractivity contribution in [1.82, 2.24) is 15.0 Å². The maximum atomic E-state index is 6.17. The molecule has 6 rings (SSSR count). The molecule has 0 saturated carbocycles. The molecule has 0 fully saturated rings. The number of ether oxygens (including phenoxy) is 1. The van der Waals surface area contributed by atoms with Gasteiger partial charge in [0, 0.05) is 10.1 Å². The second kappa shape index (κ2) is 6.39. The van der Waals surface area contributed by atoms with Crippen LogP contribution in [0.1, 0.15) is 0 Å². The molecule has 0 atom stereocenters. The van der Waals surface area contributed by atoms with Gasteiger partial charge in [-0.3, -0.25) is 4.90 Å². The molecule has 29 heavy (non-hydrogen) atoms. The van der Waals surface area contributed by atoms with E-state index in [0.29, 0.717) is 5.82 Å². The lowest BCUT2D eigenvalue weighted by Crippen LogP contribution is -2.15. The Morgan fingerprint density at radius 2 is 1.34 bits per heavy atom. The molecular formula is C23H14N4OS. The van der Waals surface area contributed by atoms with Gasteiger partial charge in [0.15, 0.2) is 17.3 Å². The molecule has 3 heterocycles. The molecule has 3 aromatic carbocycles. The highest BCUT2D eigenvalue weighted by atomic mass is 32.1. The lowest BCUT2D eigenvalue weighted by atomic mass is 10.1. The summed E-state index contributed by atoms with van der Waals surface area (Å²) in [4.78, 5) is 15.2. The highest BCUT2D eigenvalue weighted by Crippen LogP contribution is 2.55. The van der Waals surface area contributed by atoms with Crippen molar-refractivity contribution in [3.63, 3.8) is 0 Å². The predicted molar refractivity (Wildman–Crippen MR) is 115 cm³/mol. The summed E-state index contributed by atoms with van der Waals surface area (Å²) in [5.41, 5.74) is 2.99. The van der Waals surface area contributed by atoms with E-state index in [-0.39, 0.29) is 0 Å². The zero-order chi connectivity index (χ0) is 19.2. The Labute approximate surface area is 170 Å². The van der Waals surface area contributed by atoms with Crippen LogP contribution in [0.15, 0.2) is 85.5 Å². The fourth-order valence-corrected chi connectivity index (χ4v) is 4.92. The average Bonchev–Trinajstić information content (AvgIpc) is 3.17. The van der Waals surface area contributed by atoms with E-state index in [9.17, 15) is 0 Å². The van der Waals surface area contributed by atoms with Crippen molar-refractivity contribution in [2.24, 2.45) is 0 Å². The van der Waals surface area contributed by atoms with Crippen LogP contribution in [0.5, 0.6) is 11.5 Å². The third-order valence-electron chi connectivity index (χ3n) is 4.93. The number of hydrogen-bond donors (Lipinski definition) is 0. The minimum absolute atomic E-state index is 0.661. The average molecular weight is 394 g/mol. The van der Waals surface area contributed by atoms with Crippen molar-refractivity contribution in [2.75, 3.05) is 4.90 Å². The summed E-state index contributed by atoms with van der Waals surface area (Å²) >= 11 is 1.72. The topological polar surface area (TPSA) is 51.1 Å². The highest BCUT2D eigenvalue weighted by Gasteiger charge is 2.30. The predicted octanol–water partition coefficient (Wildman–Crippen LogP) is 6.33. The summed E-state index contributed by atoms with van der Waals surface area (Å²) in [7, 11) is 0. The number of aromatic nitrogens is 3. The van der Waals surface area contributed by atoms with Gasteiger partial charge in [0.25, 0.3) is 0 Å². The second-order valence-corrected chi connectivity index (χ2v) is 7.64. The van der Waals surface area contributed by atoms with Gasteiger partial charge in [-0.2, -0.15) is 0 Å². The van der Waals surface area contributed by atoms with Crippen LogP contribution in [-0.4, -0.2) is 15.0 Å². The molecule has 0 aliphatic carbocycles. The smallest absolute Gasteiger partial charge is 0.166 e. The summed E-state index contributed by atoms with van der Waals surface area (Å²) < 4.78 is 7.35. The largest absolute Gasteiger partial charge is 0.453 e. The zero-order valence-corrected chi connectivity index (χ0v) is 16.0. The van der Waals surface area contributed by atoms with Crippen molar-refractivity contribution in [2.45, 2.75) is 0 Å². The van der Waals surface area contributed by atoms with Gasteiger partial charge in [-0.25, -0.2) is 15.0 Å². The first-order valence-electron chi connectivity index (χ1n) is 9.20. The SMILES string of the molecule is c1ccc2c(c1)Oc1ccccc1N2c1sc2ccccc2c1-c1ncncn1. The third kappa shape index (κ3) is 2.50. The van der Waals surface area contributed by atoms with Crippen LogP contribution in [0.25, 0.3) is 21.5 Å². The van der Waals surface area contributed by atoms with E-state index >= 15 is 0 Å². The molecule has 2 aromatic heterocycles. The maximum Gasteiger partial charge on any atom is 0.166 e. The first kappa shape index (κ1) is 16.2. The van der Waals surface area contributed by atoms with Gasteiger partial charge in [-0.15, -0.1) is 11.3 Å². The zero-order valence-electron chi connectivity index (χ0n) is 15.2. The minimum Gasteiger partial charge on any atom is -0.453 e. The van der Waals surface area contributed by atoms with Crippen LogP contribution in [0, 0.1) is 0 Å². The number of thiophene rings is 1. The van der Waals surface area contributed by atoms with Gasteiger partial charge < -0.3 is 4.74 Å². The van der Waals surface area contributed by atoms with E-state index in [0.717, 1.165) is 38.8 Å². The van der Waals surface area contributed by atoms with Gasteiger partial charge in [0.1, 0.15) is 17.7 Å². The highest BCUT2D eigenvalue weighted by molar-refractivity contribution is 7.23. The van der Waals surface area contributed by atoms with Crippen molar-refractivity contribution < 1.29 is 4.74 Å². The molecule has 5 aromatic rings. The van der Waals surface area contributed by atoms with Crippen LogP contribution in [0.4, 0.5) is 16.4 Å². The van der Waals surface area contributed by atoms with Gasteiger partial charge in [-0.05, 0) is 30.3 Å². The third-order valence-corrected chi connectivity index (χ3v) is 6.09. The number of para-hydroxylation sites is 4. The van der Waals surface area contributed by atoms with Crippen LogP contribution < -0.4 is 9.64 Å². The summed E-state index contributed by atoms with van der Waals surface area (Å²) in [5, 5.41) is 2.18. The molecule has 6 heteroatoms. The Kier molecular flexibility index (Phi) is 3.57. The van der Waals surface area contributed by atoms with Gasteiger partial charge in [0.2, 0.25) is 0 Å². The summed E-state index contributed by atoms with van der Waals surface area (Å²) in [6.07, 6.45) is 3.08. The molecule has 0 N–H and O–H groups in total. The van der Waals surface area contributed by atoms with Gasteiger partial charge in [-0.1, -0.05) is 42.5 Å². The van der Waals surface area contributed by atoms with E-state index in [2.05, 4.69) is 50.2 Å². The Morgan fingerprint density at radius 3 is 2.07 bits per heavy atom. The number of anilines is 3. The van der Waals surface area contributed by atoms with Crippen LogP contribution >= 0.6 is 11.3 Å². The van der Waals surface area contributed by atoms with Gasteiger partial charge >= 0.3 is 0 Å². The Bertz CT molecular complexity index is 1300. The lowest BCUT2D eigenvalue weighted by Gasteiger charge is -2.32.